The number of halogens is 1. The zero-order valence-corrected chi connectivity index (χ0v) is 10.7. The van der Waals surface area contributed by atoms with Gasteiger partial charge < -0.3 is 10.1 Å². The van der Waals surface area contributed by atoms with E-state index in [4.69, 9.17) is 4.74 Å². The van der Waals surface area contributed by atoms with Crippen LogP contribution in [0, 0.1) is 6.92 Å². The van der Waals surface area contributed by atoms with Gasteiger partial charge in [-0.3, -0.25) is 4.79 Å². The molecule has 0 saturated carbocycles. The summed E-state index contributed by atoms with van der Waals surface area (Å²) in [5.41, 5.74) is 1.76. The van der Waals surface area contributed by atoms with Gasteiger partial charge in [-0.25, -0.2) is 0 Å². The van der Waals surface area contributed by atoms with E-state index in [1.54, 1.807) is 0 Å². The Kier molecular flexibility index (Phi) is 3.61. The van der Waals surface area contributed by atoms with Gasteiger partial charge in [0.25, 0.3) is 5.91 Å². The van der Waals surface area contributed by atoms with E-state index in [1.165, 1.54) is 0 Å². The Morgan fingerprint density at radius 2 is 2.31 bits per heavy atom. The van der Waals surface area contributed by atoms with Crippen molar-refractivity contribution in [3.8, 4) is 0 Å². The van der Waals surface area contributed by atoms with Crippen molar-refractivity contribution in [3.05, 3.63) is 33.8 Å². The third kappa shape index (κ3) is 2.83. The first kappa shape index (κ1) is 11.6. The van der Waals surface area contributed by atoms with Crippen molar-refractivity contribution >= 4 is 21.8 Å². The topological polar surface area (TPSA) is 38.3 Å². The molecule has 16 heavy (non-hydrogen) atoms. The predicted molar refractivity (Wildman–Crippen MR) is 65.6 cm³/mol. The maximum Gasteiger partial charge on any atom is 0.251 e. The van der Waals surface area contributed by atoms with Crippen molar-refractivity contribution in [3.63, 3.8) is 0 Å². The normalized spacial score (nSPS) is 19.8. The van der Waals surface area contributed by atoms with Gasteiger partial charge in [-0.05, 0) is 37.1 Å². The van der Waals surface area contributed by atoms with Crippen molar-refractivity contribution in [2.24, 2.45) is 0 Å². The van der Waals surface area contributed by atoms with Crippen LogP contribution in [0.25, 0.3) is 0 Å². The van der Waals surface area contributed by atoms with Crippen molar-refractivity contribution in [2.45, 2.75) is 19.4 Å². The molecule has 0 aromatic heterocycles. The zero-order chi connectivity index (χ0) is 11.5. The molecule has 0 aliphatic carbocycles. The fourth-order valence-corrected chi connectivity index (χ4v) is 2.39. The first-order valence-corrected chi connectivity index (χ1v) is 6.10. The zero-order valence-electron chi connectivity index (χ0n) is 9.13. The Morgan fingerprint density at radius 3 is 2.94 bits per heavy atom. The molecule has 2 rings (SSSR count). The molecule has 1 aliphatic rings. The van der Waals surface area contributed by atoms with Crippen LogP contribution in [0.1, 0.15) is 22.3 Å². The number of carbonyl (C=O) groups is 1. The molecule has 1 fully saturated rings. The van der Waals surface area contributed by atoms with Gasteiger partial charge in [-0.15, -0.1) is 0 Å². The third-order valence-electron chi connectivity index (χ3n) is 2.57. The number of benzene rings is 1. The van der Waals surface area contributed by atoms with Gasteiger partial charge in [0.1, 0.15) is 0 Å². The van der Waals surface area contributed by atoms with Gasteiger partial charge in [-0.2, -0.15) is 0 Å². The molecule has 1 amide bonds. The second-order valence-electron chi connectivity index (χ2n) is 4.05. The molecule has 1 aromatic carbocycles. The predicted octanol–water partition coefficient (Wildman–Crippen LogP) is 2.28. The second-order valence-corrected chi connectivity index (χ2v) is 4.97. The van der Waals surface area contributed by atoms with Crippen molar-refractivity contribution in [1.29, 1.82) is 0 Å². The monoisotopic (exact) mass is 283 g/mol. The number of amides is 1. The molecule has 4 heteroatoms. The maximum atomic E-state index is 11.9. The maximum absolute atomic E-state index is 11.9. The van der Waals surface area contributed by atoms with E-state index in [-0.39, 0.29) is 11.9 Å². The lowest BCUT2D eigenvalue weighted by Gasteiger charge is -2.11. The molecular weight excluding hydrogens is 270 g/mol. The number of aryl methyl sites for hydroxylation is 1. The van der Waals surface area contributed by atoms with E-state index in [0.717, 1.165) is 23.1 Å². The Bertz CT molecular complexity index is 380. The summed E-state index contributed by atoms with van der Waals surface area (Å²) in [5, 5.41) is 2.96. The van der Waals surface area contributed by atoms with Crippen LogP contribution in [-0.2, 0) is 4.74 Å². The summed E-state index contributed by atoms with van der Waals surface area (Å²) in [6.45, 7) is 3.33. The van der Waals surface area contributed by atoms with E-state index in [9.17, 15) is 4.79 Å². The number of hydrogen-bond donors (Lipinski definition) is 1. The van der Waals surface area contributed by atoms with Crippen LogP contribution in [0.3, 0.4) is 0 Å². The van der Waals surface area contributed by atoms with Crippen molar-refractivity contribution < 1.29 is 9.53 Å². The van der Waals surface area contributed by atoms with Crippen LogP contribution >= 0.6 is 15.9 Å². The Balaban J connectivity index is 2.07. The Labute approximate surface area is 103 Å². The smallest absolute Gasteiger partial charge is 0.251 e. The lowest BCUT2D eigenvalue weighted by atomic mass is 10.1. The molecule has 1 saturated heterocycles. The highest BCUT2D eigenvalue weighted by atomic mass is 79.9. The number of carbonyl (C=O) groups excluding carboxylic acids is 1. The van der Waals surface area contributed by atoms with Crippen LogP contribution in [0.2, 0.25) is 0 Å². The molecule has 1 N–H and O–H groups in total. The van der Waals surface area contributed by atoms with E-state index in [2.05, 4.69) is 21.2 Å². The van der Waals surface area contributed by atoms with Crippen molar-refractivity contribution in [1.82, 2.24) is 5.32 Å². The Morgan fingerprint density at radius 1 is 1.50 bits per heavy atom. The van der Waals surface area contributed by atoms with Gasteiger partial charge in [0.2, 0.25) is 0 Å². The largest absolute Gasteiger partial charge is 0.379 e. The minimum atomic E-state index is -0.0279. The fraction of sp³-hybridized carbons (Fsp3) is 0.417. The van der Waals surface area contributed by atoms with E-state index >= 15 is 0 Å². The summed E-state index contributed by atoms with van der Waals surface area (Å²) in [5.74, 6) is -0.0279. The van der Waals surface area contributed by atoms with E-state index in [1.807, 2.05) is 25.1 Å². The van der Waals surface area contributed by atoms with Crippen LogP contribution < -0.4 is 5.32 Å². The van der Waals surface area contributed by atoms with Crippen LogP contribution in [-0.4, -0.2) is 25.2 Å². The molecule has 1 heterocycles. The summed E-state index contributed by atoms with van der Waals surface area (Å²) in [6.07, 6.45) is 0.902. The third-order valence-corrected chi connectivity index (χ3v) is 3.03. The van der Waals surface area contributed by atoms with E-state index in [0.29, 0.717) is 12.2 Å². The molecule has 86 valence electrons. The molecule has 0 radical (unpaired) electrons. The first-order valence-electron chi connectivity index (χ1n) is 5.31. The lowest BCUT2D eigenvalue weighted by Crippen LogP contribution is -2.35. The standard InChI is InChI=1S/C12H14BrNO2/c1-8-4-9(6-10(13)5-8)12(15)14-11-2-3-16-7-11/h4-6,11H,2-3,7H2,1H3,(H,14,15). The van der Waals surface area contributed by atoms with Crippen molar-refractivity contribution in [2.75, 3.05) is 13.2 Å². The fourth-order valence-electron chi connectivity index (χ4n) is 1.78. The quantitative estimate of drug-likeness (QED) is 0.904. The minimum absolute atomic E-state index is 0.0279. The highest BCUT2D eigenvalue weighted by molar-refractivity contribution is 9.10. The molecule has 1 aliphatic heterocycles. The number of nitrogens with one attached hydrogen (secondary N) is 1. The molecule has 1 aromatic rings. The van der Waals surface area contributed by atoms with Gasteiger partial charge in [-0.1, -0.05) is 15.9 Å². The molecule has 1 unspecified atom stereocenters. The van der Waals surface area contributed by atoms with Crippen LogP contribution in [0.4, 0.5) is 0 Å². The molecule has 0 spiro atoms. The molecule has 3 nitrogen and oxygen atoms in total. The van der Waals surface area contributed by atoms with Gasteiger partial charge in [0, 0.05) is 16.6 Å². The number of rotatable bonds is 2. The van der Waals surface area contributed by atoms with Crippen LogP contribution in [0.15, 0.2) is 22.7 Å². The second kappa shape index (κ2) is 4.97. The Hall–Kier alpha value is -0.870. The molecule has 0 bridgehead atoms. The van der Waals surface area contributed by atoms with Gasteiger partial charge in [0.05, 0.1) is 12.6 Å². The number of hydrogen-bond acceptors (Lipinski definition) is 2. The first-order chi connectivity index (χ1) is 7.65. The lowest BCUT2D eigenvalue weighted by molar-refractivity contribution is 0.0930. The summed E-state index contributed by atoms with van der Waals surface area (Å²) < 4.78 is 6.15. The summed E-state index contributed by atoms with van der Waals surface area (Å²) in [7, 11) is 0. The number of ether oxygens (including phenoxy) is 1. The highest BCUT2D eigenvalue weighted by Crippen LogP contribution is 2.15. The summed E-state index contributed by atoms with van der Waals surface area (Å²) in [4.78, 5) is 11.9. The van der Waals surface area contributed by atoms with Crippen LogP contribution in [0.5, 0.6) is 0 Å². The summed E-state index contributed by atoms with van der Waals surface area (Å²) >= 11 is 3.39. The minimum Gasteiger partial charge on any atom is -0.379 e. The highest BCUT2D eigenvalue weighted by Gasteiger charge is 2.18. The average molecular weight is 284 g/mol. The van der Waals surface area contributed by atoms with E-state index < -0.39 is 0 Å². The SMILES string of the molecule is Cc1cc(Br)cc(C(=O)NC2CCOC2)c1. The molecular formula is C12H14BrNO2. The van der Waals surface area contributed by atoms with Gasteiger partial charge in [0.15, 0.2) is 0 Å². The average Bonchev–Trinajstić information content (AvgIpc) is 2.68. The van der Waals surface area contributed by atoms with Gasteiger partial charge >= 0.3 is 0 Å². The molecule has 1 atom stereocenters. The summed E-state index contributed by atoms with van der Waals surface area (Å²) in [6, 6.07) is 5.86.